The summed E-state index contributed by atoms with van der Waals surface area (Å²) in [5.74, 6) is -1.57. The summed E-state index contributed by atoms with van der Waals surface area (Å²) in [5.41, 5.74) is 2.78. The summed E-state index contributed by atoms with van der Waals surface area (Å²) in [6.45, 7) is 6.33. The second-order valence-corrected chi connectivity index (χ2v) is 7.20. The van der Waals surface area contributed by atoms with Crippen molar-refractivity contribution in [1.82, 2.24) is 5.32 Å². The third-order valence-corrected chi connectivity index (χ3v) is 4.14. The number of nitriles is 1. The van der Waals surface area contributed by atoms with Crippen LogP contribution in [0.15, 0.2) is 48.5 Å². The number of hydrogen-bond acceptors (Lipinski definition) is 3. The van der Waals surface area contributed by atoms with Crippen molar-refractivity contribution < 1.29 is 14.7 Å². The van der Waals surface area contributed by atoms with E-state index in [2.05, 4.69) is 26.1 Å². The van der Waals surface area contributed by atoms with Gasteiger partial charge >= 0.3 is 5.97 Å². The second kappa shape index (κ2) is 7.83. The normalized spacial score (nSPS) is 12.1. The standard InChI is InChI=1S/C21H22N2O3/c1-21(2,3)17-10-6-14(7-11-17)12-18(20(25)26)23-19(24)16-8-4-15(13-22)5-9-16/h4-11,18H,12H2,1-3H3,(H,23,24)(H,25,26)/t18-/m1/s1. The van der Waals surface area contributed by atoms with Crippen molar-refractivity contribution in [3.05, 3.63) is 70.8 Å². The zero-order chi connectivity index (χ0) is 19.3. The Labute approximate surface area is 153 Å². The molecule has 0 heterocycles. The van der Waals surface area contributed by atoms with Crippen LogP contribution in [-0.4, -0.2) is 23.0 Å². The van der Waals surface area contributed by atoms with Gasteiger partial charge in [-0.1, -0.05) is 45.0 Å². The molecule has 0 radical (unpaired) electrons. The van der Waals surface area contributed by atoms with E-state index in [0.717, 1.165) is 11.1 Å². The molecule has 1 atom stereocenters. The van der Waals surface area contributed by atoms with E-state index in [4.69, 9.17) is 5.26 Å². The van der Waals surface area contributed by atoms with Gasteiger partial charge < -0.3 is 10.4 Å². The summed E-state index contributed by atoms with van der Waals surface area (Å²) >= 11 is 0. The van der Waals surface area contributed by atoms with Gasteiger partial charge in [-0.05, 0) is 40.8 Å². The lowest BCUT2D eigenvalue weighted by molar-refractivity contribution is -0.139. The molecule has 0 fully saturated rings. The lowest BCUT2D eigenvalue weighted by Gasteiger charge is -2.20. The first-order chi connectivity index (χ1) is 12.2. The third-order valence-electron chi connectivity index (χ3n) is 4.14. The molecule has 0 aromatic heterocycles. The molecule has 0 saturated carbocycles. The van der Waals surface area contributed by atoms with Crippen LogP contribution in [0.3, 0.4) is 0 Å². The molecule has 26 heavy (non-hydrogen) atoms. The van der Waals surface area contributed by atoms with Gasteiger partial charge in [-0.2, -0.15) is 5.26 Å². The van der Waals surface area contributed by atoms with Crippen LogP contribution < -0.4 is 5.32 Å². The van der Waals surface area contributed by atoms with Crippen LogP contribution in [0.1, 0.15) is 47.8 Å². The van der Waals surface area contributed by atoms with Crippen molar-refractivity contribution in [2.24, 2.45) is 0 Å². The summed E-state index contributed by atoms with van der Waals surface area (Å²) < 4.78 is 0. The van der Waals surface area contributed by atoms with Crippen LogP contribution in [0, 0.1) is 11.3 Å². The molecule has 2 N–H and O–H groups in total. The molecule has 0 unspecified atom stereocenters. The van der Waals surface area contributed by atoms with Crippen LogP contribution >= 0.6 is 0 Å². The van der Waals surface area contributed by atoms with Gasteiger partial charge in [0.05, 0.1) is 11.6 Å². The molecule has 0 spiro atoms. The molecule has 0 aliphatic heterocycles. The highest BCUT2D eigenvalue weighted by atomic mass is 16.4. The Morgan fingerprint density at radius 3 is 2.12 bits per heavy atom. The molecule has 0 aliphatic carbocycles. The lowest BCUT2D eigenvalue weighted by atomic mass is 9.86. The van der Waals surface area contributed by atoms with Crippen LogP contribution in [0.4, 0.5) is 0 Å². The molecule has 1 amide bonds. The number of carboxylic acid groups (broad SMARTS) is 1. The molecule has 134 valence electrons. The topological polar surface area (TPSA) is 90.2 Å². The smallest absolute Gasteiger partial charge is 0.326 e. The number of benzene rings is 2. The maximum absolute atomic E-state index is 12.3. The Bertz CT molecular complexity index is 826. The van der Waals surface area contributed by atoms with Crippen molar-refractivity contribution in [1.29, 1.82) is 5.26 Å². The van der Waals surface area contributed by atoms with Crippen LogP contribution in [0.5, 0.6) is 0 Å². The van der Waals surface area contributed by atoms with Gasteiger partial charge in [0.1, 0.15) is 6.04 Å². The molecular formula is C21H22N2O3. The summed E-state index contributed by atoms with van der Waals surface area (Å²) in [6, 6.07) is 14.8. The number of nitrogens with one attached hydrogen (secondary N) is 1. The Morgan fingerprint density at radius 1 is 1.08 bits per heavy atom. The fraction of sp³-hybridized carbons (Fsp3) is 0.286. The average molecular weight is 350 g/mol. The molecule has 2 aromatic rings. The van der Waals surface area contributed by atoms with Crippen molar-refractivity contribution >= 4 is 11.9 Å². The van der Waals surface area contributed by atoms with Crippen molar-refractivity contribution in [3.8, 4) is 6.07 Å². The van der Waals surface area contributed by atoms with Crippen LogP contribution in [0.25, 0.3) is 0 Å². The molecule has 5 nitrogen and oxygen atoms in total. The SMILES string of the molecule is CC(C)(C)c1ccc(C[C@@H](NC(=O)c2ccc(C#N)cc2)C(=O)O)cc1. The summed E-state index contributed by atoms with van der Waals surface area (Å²) in [5, 5.41) is 20.8. The largest absolute Gasteiger partial charge is 0.480 e. The highest BCUT2D eigenvalue weighted by molar-refractivity contribution is 5.96. The Morgan fingerprint density at radius 2 is 1.65 bits per heavy atom. The number of amides is 1. The zero-order valence-electron chi connectivity index (χ0n) is 15.1. The number of hydrogen-bond donors (Lipinski definition) is 2. The Balaban J connectivity index is 2.10. The quantitative estimate of drug-likeness (QED) is 0.866. The predicted molar refractivity (Wildman–Crippen MR) is 98.9 cm³/mol. The highest BCUT2D eigenvalue weighted by Crippen LogP contribution is 2.22. The minimum absolute atomic E-state index is 0.0224. The van der Waals surface area contributed by atoms with E-state index in [1.807, 2.05) is 30.3 Å². The monoisotopic (exact) mass is 350 g/mol. The molecule has 2 aromatic carbocycles. The van der Waals surface area contributed by atoms with Crippen molar-refractivity contribution in [3.63, 3.8) is 0 Å². The molecule has 5 heteroatoms. The Kier molecular flexibility index (Phi) is 5.78. The number of carbonyl (C=O) groups is 2. The van der Waals surface area contributed by atoms with Crippen molar-refractivity contribution in [2.45, 2.75) is 38.6 Å². The third kappa shape index (κ3) is 4.93. The molecule has 0 saturated heterocycles. The number of rotatable bonds is 5. The van der Waals surface area contributed by atoms with E-state index >= 15 is 0 Å². The van der Waals surface area contributed by atoms with Gasteiger partial charge in [0.2, 0.25) is 0 Å². The Hall–Kier alpha value is -3.13. The maximum Gasteiger partial charge on any atom is 0.326 e. The number of aliphatic carboxylic acids is 1. The lowest BCUT2D eigenvalue weighted by Crippen LogP contribution is -2.42. The van der Waals surface area contributed by atoms with E-state index in [-0.39, 0.29) is 11.8 Å². The van der Waals surface area contributed by atoms with E-state index in [1.54, 1.807) is 0 Å². The van der Waals surface area contributed by atoms with E-state index in [1.165, 1.54) is 24.3 Å². The first kappa shape index (κ1) is 19.2. The number of carboxylic acids is 1. The molecule has 0 aliphatic rings. The van der Waals surface area contributed by atoms with Gasteiger partial charge in [-0.15, -0.1) is 0 Å². The molecular weight excluding hydrogens is 328 g/mol. The zero-order valence-corrected chi connectivity index (χ0v) is 15.1. The van der Waals surface area contributed by atoms with Crippen LogP contribution in [0.2, 0.25) is 0 Å². The van der Waals surface area contributed by atoms with E-state index in [9.17, 15) is 14.7 Å². The first-order valence-electron chi connectivity index (χ1n) is 8.34. The van der Waals surface area contributed by atoms with E-state index in [0.29, 0.717) is 11.1 Å². The summed E-state index contributed by atoms with van der Waals surface area (Å²) in [7, 11) is 0. The fourth-order valence-corrected chi connectivity index (χ4v) is 2.51. The maximum atomic E-state index is 12.3. The number of nitrogens with zero attached hydrogens (tertiary/aromatic N) is 1. The average Bonchev–Trinajstić information content (AvgIpc) is 2.60. The summed E-state index contributed by atoms with van der Waals surface area (Å²) in [4.78, 5) is 23.8. The minimum Gasteiger partial charge on any atom is -0.480 e. The van der Waals surface area contributed by atoms with Crippen molar-refractivity contribution in [2.75, 3.05) is 0 Å². The minimum atomic E-state index is -1.09. The molecule has 0 bridgehead atoms. The van der Waals surface area contributed by atoms with Gasteiger partial charge in [-0.3, -0.25) is 4.79 Å². The highest BCUT2D eigenvalue weighted by Gasteiger charge is 2.21. The number of carbonyl (C=O) groups excluding carboxylic acids is 1. The van der Waals surface area contributed by atoms with Crippen LogP contribution in [-0.2, 0) is 16.6 Å². The van der Waals surface area contributed by atoms with Gasteiger partial charge in [-0.25, -0.2) is 4.79 Å². The summed E-state index contributed by atoms with van der Waals surface area (Å²) in [6.07, 6.45) is 0.196. The van der Waals surface area contributed by atoms with Gasteiger partial charge in [0.25, 0.3) is 5.91 Å². The van der Waals surface area contributed by atoms with E-state index < -0.39 is 17.9 Å². The van der Waals surface area contributed by atoms with Gasteiger partial charge in [0, 0.05) is 12.0 Å². The molecule has 2 rings (SSSR count). The van der Waals surface area contributed by atoms with Gasteiger partial charge in [0.15, 0.2) is 0 Å². The second-order valence-electron chi connectivity index (χ2n) is 7.20. The predicted octanol–water partition coefficient (Wildman–Crippen LogP) is 3.28. The first-order valence-corrected chi connectivity index (χ1v) is 8.34. The fourth-order valence-electron chi connectivity index (χ4n) is 2.51.